The molecule has 4 aliphatic rings. The Morgan fingerprint density at radius 3 is 2.33 bits per heavy atom. The third-order valence-electron chi connectivity index (χ3n) is 11.7. The van der Waals surface area contributed by atoms with Crippen molar-refractivity contribution >= 4 is 63.7 Å². The monoisotopic (exact) mass is 769 g/mol. The van der Waals surface area contributed by atoms with E-state index in [0.29, 0.717) is 40.4 Å². The largest absolute Gasteiger partial charge is 0.374 e. The number of carbonyl (C=O) groups is 2. The van der Waals surface area contributed by atoms with Gasteiger partial charge in [0, 0.05) is 60.0 Å². The van der Waals surface area contributed by atoms with Gasteiger partial charge in [0.15, 0.2) is 0 Å². The number of aliphatic hydroxyl groups excluding tert-OH is 1. The molecule has 14 heteroatoms. The van der Waals surface area contributed by atoms with Crippen molar-refractivity contribution < 1.29 is 14.7 Å². The molecular weight excluding hydrogens is 725 g/mol. The first kappa shape index (κ1) is 36.5. The SMILES string of the molecule is O=C1CCC(Nc2ccc(N3CCC(CN4CCC5(CC4)CCN(c4cncc(Nc6ncc(Cl)c(-c7ccc(Cl)cc7)n6)c4)C5O)CC3)cc2)C(=O)N1. The van der Waals surface area contributed by atoms with Crippen LogP contribution in [0, 0.1) is 11.3 Å². The van der Waals surface area contributed by atoms with Crippen molar-refractivity contribution in [3.8, 4) is 11.3 Å². The summed E-state index contributed by atoms with van der Waals surface area (Å²) in [6.45, 7) is 5.91. The van der Waals surface area contributed by atoms with E-state index in [0.717, 1.165) is 94.0 Å². The first-order chi connectivity index (χ1) is 26.2. The fourth-order valence-electron chi connectivity index (χ4n) is 8.44. The molecular formula is C40H45Cl2N9O3. The lowest BCUT2D eigenvalue weighted by Gasteiger charge is -2.44. The van der Waals surface area contributed by atoms with Crippen molar-refractivity contribution in [1.29, 1.82) is 0 Å². The summed E-state index contributed by atoms with van der Waals surface area (Å²) in [7, 11) is 0. The minimum atomic E-state index is -0.575. The van der Waals surface area contributed by atoms with Crippen LogP contribution in [0.2, 0.25) is 10.0 Å². The van der Waals surface area contributed by atoms with E-state index in [-0.39, 0.29) is 23.3 Å². The van der Waals surface area contributed by atoms with Gasteiger partial charge in [-0.1, -0.05) is 35.3 Å². The van der Waals surface area contributed by atoms with Gasteiger partial charge in [-0.25, -0.2) is 9.97 Å². The van der Waals surface area contributed by atoms with Crippen LogP contribution in [0.3, 0.4) is 0 Å². The van der Waals surface area contributed by atoms with E-state index in [4.69, 9.17) is 23.2 Å². The Bertz CT molecular complexity index is 1970. The van der Waals surface area contributed by atoms with Crippen LogP contribution in [0.1, 0.15) is 44.9 Å². The molecule has 0 radical (unpaired) electrons. The summed E-state index contributed by atoms with van der Waals surface area (Å²) >= 11 is 12.5. The highest BCUT2D eigenvalue weighted by Gasteiger charge is 2.48. The molecule has 54 heavy (non-hydrogen) atoms. The molecule has 4 saturated heterocycles. The summed E-state index contributed by atoms with van der Waals surface area (Å²) in [6.07, 6.45) is 10.6. The third kappa shape index (κ3) is 7.98. The molecule has 1 spiro atoms. The number of amides is 2. The van der Waals surface area contributed by atoms with E-state index < -0.39 is 6.23 Å². The van der Waals surface area contributed by atoms with Crippen molar-refractivity contribution in [3.63, 3.8) is 0 Å². The first-order valence-corrected chi connectivity index (χ1v) is 19.6. The van der Waals surface area contributed by atoms with Crippen LogP contribution in [0.5, 0.6) is 0 Å². The smallest absolute Gasteiger partial charge is 0.249 e. The minimum absolute atomic E-state index is 0.130. The number of anilines is 5. The summed E-state index contributed by atoms with van der Waals surface area (Å²) < 4.78 is 0. The molecule has 2 aromatic carbocycles. The predicted octanol–water partition coefficient (Wildman–Crippen LogP) is 6.33. The molecule has 4 aliphatic heterocycles. The van der Waals surface area contributed by atoms with Crippen LogP contribution in [-0.2, 0) is 9.59 Å². The van der Waals surface area contributed by atoms with Gasteiger partial charge in [-0.15, -0.1) is 0 Å². The molecule has 2 amide bonds. The Hall–Kier alpha value is -4.49. The highest BCUT2D eigenvalue weighted by Crippen LogP contribution is 2.46. The van der Waals surface area contributed by atoms with Gasteiger partial charge in [-0.3, -0.25) is 19.9 Å². The summed E-state index contributed by atoms with van der Waals surface area (Å²) in [5.74, 6) is 0.591. The maximum Gasteiger partial charge on any atom is 0.249 e. The van der Waals surface area contributed by atoms with Crippen LogP contribution in [0.4, 0.5) is 28.7 Å². The number of likely N-dealkylation sites (tertiary alicyclic amines) is 1. The van der Waals surface area contributed by atoms with Crippen LogP contribution < -0.4 is 25.8 Å². The molecule has 12 nitrogen and oxygen atoms in total. The van der Waals surface area contributed by atoms with Gasteiger partial charge in [0.2, 0.25) is 17.8 Å². The van der Waals surface area contributed by atoms with E-state index in [1.165, 1.54) is 5.69 Å². The van der Waals surface area contributed by atoms with Crippen molar-refractivity contribution in [2.45, 2.75) is 57.2 Å². The van der Waals surface area contributed by atoms with Gasteiger partial charge < -0.3 is 30.4 Å². The highest BCUT2D eigenvalue weighted by molar-refractivity contribution is 6.33. The number of nitrogens with zero attached hydrogens (tertiary/aromatic N) is 6. The molecule has 4 N–H and O–H groups in total. The molecule has 6 heterocycles. The minimum Gasteiger partial charge on any atom is -0.374 e. The molecule has 2 unspecified atom stereocenters. The van der Waals surface area contributed by atoms with Gasteiger partial charge >= 0.3 is 0 Å². The van der Waals surface area contributed by atoms with E-state index in [1.807, 2.05) is 36.5 Å². The van der Waals surface area contributed by atoms with Crippen molar-refractivity contribution in [2.75, 3.05) is 59.7 Å². The van der Waals surface area contributed by atoms with Crippen LogP contribution in [-0.4, -0.2) is 88.3 Å². The average Bonchev–Trinajstić information content (AvgIpc) is 3.50. The lowest BCUT2D eigenvalue weighted by molar-refractivity contribution is -0.133. The van der Waals surface area contributed by atoms with E-state index in [2.05, 4.69) is 57.7 Å². The Balaban J connectivity index is 0.810. The standard InChI is InChI=1S/C40H45Cl2N9O3/c41-28-3-1-27(2-4-28)36-33(42)24-44-39(48-36)46-30-21-32(23-43-22-30)51-20-15-40(38(51)54)13-18-49(19-14-40)25-26-11-16-50(17-12-26)31-7-5-29(6-8-31)45-34-9-10-35(52)47-37(34)53/h1-8,21-24,26,34,38,45,54H,9-20,25H2,(H,44,46,48)(H,47,52,53). The van der Waals surface area contributed by atoms with E-state index in [9.17, 15) is 14.7 Å². The Kier molecular flexibility index (Phi) is 10.6. The average molecular weight is 771 g/mol. The van der Waals surface area contributed by atoms with E-state index in [1.54, 1.807) is 24.5 Å². The van der Waals surface area contributed by atoms with Crippen molar-refractivity contribution in [2.24, 2.45) is 11.3 Å². The number of aromatic nitrogens is 3. The molecule has 0 aliphatic carbocycles. The lowest BCUT2D eigenvalue weighted by Crippen LogP contribution is -2.49. The Labute approximate surface area is 325 Å². The third-order valence-corrected chi connectivity index (χ3v) is 12.2. The molecule has 2 atom stereocenters. The number of pyridine rings is 1. The van der Waals surface area contributed by atoms with Crippen LogP contribution in [0.25, 0.3) is 11.3 Å². The number of hydrogen-bond donors (Lipinski definition) is 4. The van der Waals surface area contributed by atoms with Gasteiger partial charge in [0.25, 0.3) is 0 Å². The number of rotatable bonds is 9. The van der Waals surface area contributed by atoms with Gasteiger partial charge in [-0.05, 0) is 100.0 Å². The van der Waals surface area contributed by atoms with Gasteiger partial charge in [-0.2, -0.15) is 0 Å². The topological polar surface area (TPSA) is 139 Å². The number of aliphatic hydroxyl groups is 1. The summed E-state index contributed by atoms with van der Waals surface area (Å²) in [5.41, 5.74) is 4.99. The second-order valence-corrected chi connectivity index (χ2v) is 15.9. The zero-order chi connectivity index (χ0) is 37.2. The van der Waals surface area contributed by atoms with Crippen LogP contribution >= 0.6 is 23.2 Å². The Morgan fingerprint density at radius 1 is 0.852 bits per heavy atom. The Morgan fingerprint density at radius 2 is 1.59 bits per heavy atom. The highest BCUT2D eigenvalue weighted by atomic mass is 35.5. The summed E-state index contributed by atoms with van der Waals surface area (Å²) in [4.78, 5) is 44.2. The molecule has 0 saturated carbocycles. The number of carbonyl (C=O) groups excluding carboxylic acids is 2. The fourth-order valence-corrected chi connectivity index (χ4v) is 8.77. The normalized spacial score (nSPS) is 22.1. The molecule has 4 aromatic rings. The first-order valence-electron chi connectivity index (χ1n) is 18.8. The fraction of sp³-hybridized carbons (Fsp3) is 0.425. The zero-order valence-electron chi connectivity index (χ0n) is 30.1. The van der Waals surface area contributed by atoms with E-state index >= 15 is 0 Å². The van der Waals surface area contributed by atoms with Crippen molar-refractivity contribution in [3.05, 3.63) is 83.2 Å². The lowest BCUT2D eigenvalue weighted by atomic mass is 9.76. The van der Waals surface area contributed by atoms with Gasteiger partial charge in [0.1, 0.15) is 12.3 Å². The molecule has 282 valence electrons. The number of imide groups is 1. The quantitative estimate of drug-likeness (QED) is 0.142. The molecule has 4 fully saturated rings. The number of benzene rings is 2. The number of hydrogen-bond acceptors (Lipinski definition) is 11. The number of nitrogens with one attached hydrogen (secondary N) is 3. The molecule has 0 bridgehead atoms. The van der Waals surface area contributed by atoms with Crippen molar-refractivity contribution in [1.82, 2.24) is 25.2 Å². The number of halogens is 2. The summed E-state index contributed by atoms with van der Waals surface area (Å²) in [6, 6.07) is 17.2. The van der Waals surface area contributed by atoms with Gasteiger partial charge in [0.05, 0.1) is 40.7 Å². The second kappa shape index (κ2) is 15.7. The zero-order valence-corrected chi connectivity index (χ0v) is 31.6. The molecule has 8 rings (SSSR count). The molecule has 2 aromatic heterocycles. The predicted molar refractivity (Wildman–Crippen MR) is 212 cm³/mol. The maximum atomic E-state index is 12.1. The number of piperidine rings is 3. The maximum absolute atomic E-state index is 12.1. The summed E-state index contributed by atoms with van der Waals surface area (Å²) in [5, 5.41) is 21.8. The second-order valence-electron chi connectivity index (χ2n) is 15.1. The van der Waals surface area contributed by atoms with Crippen LogP contribution in [0.15, 0.2) is 73.2 Å².